The van der Waals surface area contributed by atoms with Crippen LogP contribution in [0.15, 0.2) is 0 Å². The summed E-state index contributed by atoms with van der Waals surface area (Å²) in [6, 6.07) is 0. The van der Waals surface area contributed by atoms with Crippen LogP contribution in [0.4, 0.5) is 0 Å². The Morgan fingerprint density at radius 1 is 1.29 bits per heavy atom. The Morgan fingerprint density at radius 3 is 2.00 bits per heavy atom. The van der Waals surface area contributed by atoms with Gasteiger partial charge in [0.05, 0.1) is 0 Å². The van der Waals surface area contributed by atoms with Crippen LogP contribution >= 0.6 is 0 Å². The zero-order valence-electron chi connectivity index (χ0n) is 9.72. The molecule has 1 aliphatic carbocycles. The molecule has 0 saturated heterocycles. The summed E-state index contributed by atoms with van der Waals surface area (Å²) < 4.78 is 18.4. The normalized spacial score (nSPS) is 34.8. The van der Waals surface area contributed by atoms with Gasteiger partial charge < -0.3 is 8.99 Å². The van der Waals surface area contributed by atoms with E-state index in [0.717, 1.165) is 31.6 Å². The van der Waals surface area contributed by atoms with Crippen LogP contribution in [0.1, 0.15) is 53.4 Å². The van der Waals surface area contributed by atoms with Crippen LogP contribution in [-0.4, -0.2) is 4.75 Å². The lowest BCUT2D eigenvalue weighted by atomic mass is 9.70. The van der Waals surface area contributed by atoms with Gasteiger partial charge in [-0.2, -0.15) is 10.6 Å². The third kappa shape index (κ3) is 2.50. The maximum atomic E-state index is 11.3. The van der Waals surface area contributed by atoms with Crippen molar-refractivity contribution in [3.63, 3.8) is 0 Å². The van der Waals surface area contributed by atoms with Gasteiger partial charge >= 0.3 is 0 Å². The molecule has 0 aromatic heterocycles. The Hall–Kier alpha value is -0.0500. The molecular weight excluding hydrogens is 194 g/mol. The fourth-order valence-electron chi connectivity index (χ4n) is 2.28. The van der Waals surface area contributed by atoms with Gasteiger partial charge in [0.15, 0.2) is 0 Å². The van der Waals surface area contributed by atoms with Gasteiger partial charge in [0.25, 0.3) is 0 Å². The van der Waals surface area contributed by atoms with E-state index in [2.05, 4.69) is 20.8 Å². The van der Waals surface area contributed by atoms with Crippen LogP contribution in [0.5, 0.6) is 0 Å². The van der Waals surface area contributed by atoms with Crippen molar-refractivity contribution in [2.75, 3.05) is 0 Å². The van der Waals surface area contributed by atoms with Crippen LogP contribution in [-0.2, 0) is 14.8 Å². The maximum Gasteiger partial charge on any atom is -0.0354 e. The molecule has 0 aromatic carbocycles. The maximum absolute atomic E-state index is 11.3. The van der Waals surface area contributed by atoms with E-state index in [4.69, 9.17) is 4.78 Å². The highest BCUT2D eigenvalue weighted by molar-refractivity contribution is 7.75. The van der Waals surface area contributed by atoms with E-state index in [0.29, 0.717) is 5.41 Å². The molecule has 0 bridgehead atoms. The Morgan fingerprint density at radius 2 is 1.71 bits per heavy atom. The summed E-state index contributed by atoms with van der Waals surface area (Å²) in [6.07, 6.45) is 4.16. The predicted molar refractivity (Wildman–Crippen MR) is 60.6 cm³/mol. The molecule has 0 aliphatic heterocycles. The lowest BCUT2D eigenvalue weighted by molar-refractivity contribution is 0.164. The number of nitrogens with one attached hydrogen (secondary N) is 1. The second kappa shape index (κ2) is 3.84. The van der Waals surface area contributed by atoms with Crippen molar-refractivity contribution in [2.45, 2.75) is 58.1 Å². The van der Waals surface area contributed by atoms with Gasteiger partial charge in [0, 0.05) is 0 Å². The van der Waals surface area contributed by atoms with Crippen molar-refractivity contribution in [1.29, 1.82) is 4.78 Å². The molecule has 0 radical (unpaired) electrons. The highest BCUT2D eigenvalue weighted by Crippen LogP contribution is 2.42. The summed E-state index contributed by atoms with van der Waals surface area (Å²) in [5.74, 6) is 0.735. The minimum atomic E-state index is -1.41. The topological polar surface area (TPSA) is 40.9 Å². The van der Waals surface area contributed by atoms with Crippen LogP contribution in [0.3, 0.4) is 0 Å². The summed E-state index contributed by atoms with van der Waals surface area (Å²) in [5.41, 5.74) is 0.366. The van der Waals surface area contributed by atoms with Crippen molar-refractivity contribution < 1.29 is 4.21 Å². The second-order valence-corrected chi connectivity index (χ2v) is 7.38. The summed E-state index contributed by atoms with van der Waals surface area (Å²) in [6.45, 7) is 8.82. The Bertz CT molecular complexity index is 260. The van der Waals surface area contributed by atoms with Crippen molar-refractivity contribution in [2.24, 2.45) is 11.3 Å². The zero-order valence-corrected chi connectivity index (χ0v) is 10.5. The predicted octanol–water partition coefficient (Wildman–Crippen LogP) is 3.71. The molecule has 2 nitrogen and oxygen atoms in total. The third-order valence-corrected chi connectivity index (χ3v) is 5.02. The summed E-state index contributed by atoms with van der Waals surface area (Å²) >= 11 is 0. The minimum Gasteiger partial charge on any atom is -0.444 e. The van der Waals surface area contributed by atoms with E-state index in [9.17, 15) is 4.21 Å². The molecule has 1 fully saturated rings. The van der Waals surface area contributed by atoms with E-state index in [1.807, 2.05) is 6.92 Å². The van der Waals surface area contributed by atoms with Crippen molar-refractivity contribution >= 4 is 10.6 Å². The molecule has 0 spiro atoms. The summed E-state index contributed by atoms with van der Waals surface area (Å²) in [4.78, 5) is 0. The standard InChI is InChI=1S/C11H22NOS/c1-10(2,3)9-5-7-11(4,8-6-9)14(12)13/h9,12H,5-8H2,1-4H3/q-1. The SMILES string of the molecule is CC(C)(C)C1CCC(C)([S-](=N)=O)CC1. The second-order valence-electron chi connectivity index (χ2n) is 5.86. The van der Waals surface area contributed by atoms with Gasteiger partial charge in [-0.25, -0.2) is 0 Å². The van der Waals surface area contributed by atoms with Crippen LogP contribution < -0.4 is 0 Å². The van der Waals surface area contributed by atoms with Gasteiger partial charge in [-0.1, -0.05) is 58.1 Å². The average Bonchev–Trinajstić information content (AvgIpc) is 2.03. The largest absolute Gasteiger partial charge is 0.444 e. The van der Waals surface area contributed by atoms with E-state index in [1.54, 1.807) is 0 Å². The number of hydrogen-bond donors (Lipinski definition) is 1. The lowest BCUT2D eigenvalue weighted by Crippen LogP contribution is -2.35. The summed E-state index contributed by atoms with van der Waals surface area (Å²) in [5, 5.41) is 0. The lowest BCUT2D eigenvalue weighted by Gasteiger charge is -2.44. The molecule has 3 heteroatoms. The smallest absolute Gasteiger partial charge is 0.0354 e. The summed E-state index contributed by atoms with van der Waals surface area (Å²) in [7, 11) is -1.41. The molecule has 0 unspecified atom stereocenters. The average molecular weight is 216 g/mol. The van der Waals surface area contributed by atoms with Crippen LogP contribution in [0.25, 0.3) is 0 Å². The third-order valence-electron chi connectivity index (χ3n) is 3.72. The zero-order chi connectivity index (χ0) is 11.0. The molecule has 0 aromatic rings. The molecule has 1 rings (SSSR count). The molecular formula is C11H22NOS-. The molecule has 0 amide bonds. The van der Waals surface area contributed by atoms with E-state index < -0.39 is 10.6 Å². The van der Waals surface area contributed by atoms with Crippen molar-refractivity contribution in [3.05, 3.63) is 0 Å². The first-order valence-corrected chi connectivity index (χ1v) is 6.54. The molecule has 1 saturated carbocycles. The molecule has 0 atom stereocenters. The first-order chi connectivity index (χ1) is 6.26. The minimum absolute atomic E-state index is 0.234. The fourth-order valence-corrected chi connectivity index (χ4v) is 2.89. The molecule has 1 aliphatic rings. The van der Waals surface area contributed by atoms with Gasteiger partial charge in [-0.15, -0.1) is 0 Å². The monoisotopic (exact) mass is 216 g/mol. The number of rotatable bonds is 1. The highest BCUT2D eigenvalue weighted by Gasteiger charge is 2.32. The number of hydrogen-bond acceptors (Lipinski definition) is 3. The quantitative estimate of drug-likeness (QED) is 0.667. The van der Waals surface area contributed by atoms with Crippen molar-refractivity contribution in [1.82, 2.24) is 0 Å². The van der Waals surface area contributed by atoms with E-state index in [-0.39, 0.29) is 4.75 Å². The Kier molecular flexibility index (Phi) is 3.30. The molecule has 0 heterocycles. The fraction of sp³-hybridized carbons (Fsp3) is 1.00. The van der Waals surface area contributed by atoms with Crippen molar-refractivity contribution in [3.8, 4) is 0 Å². The molecule has 14 heavy (non-hydrogen) atoms. The molecule has 1 N–H and O–H groups in total. The first-order valence-electron chi connectivity index (χ1n) is 5.39. The van der Waals surface area contributed by atoms with E-state index >= 15 is 0 Å². The van der Waals surface area contributed by atoms with Gasteiger partial charge in [0.2, 0.25) is 0 Å². The van der Waals surface area contributed by atoms with Gasteiger partial charge in [0.1, 0.15) is 0 Å². The van der Waals surface area contributed by atoms with E-state index in [1.165, 1.54) is 0 Å². The highest BCUT2D eigenvalue weighted by atomic mass is 32.2. The van der Waals surface area contributed by atoms with Gasteiger partial charge in [-0.05, 0) is 11.3 Å². The first kappa shape index (κ1) is 12.0. The molecule has 84 valence electrons. The Labute approximate surface area is 89.5 Å². The van der Waals surface area contributed by atoms with Crippen LogP contribution in [0, 0.1) is 16.1 Å². The van der Waals surface area contributed by atoms with Crippen LogP contribution in [0.2, 0.25) is 0 Å². The van der Waals surface area contributed by atoms with Gasteiger partial charge in [-0.3, -0.25) is 0 Å². The Balaban J connectivity index is 2.63.